The van der Waals surface area contributed by atoms with E-state index in [-0.39, 0.29) is 32.0 Å². The molecule has 254 valence electrons. The zero-order valence-electron chi connectivity index (χ0n) is 26.6. The Morgan fingerprint density at radius 1 is 0.979 bits per heavy atom. The van der Waals surface area contributed by atoms with Crippen LogP contribution in [0.4, 0.5) is 4.79 Å². The molecule has 4 atom stereocenters. The van der Waals surface area contributed by atoms with Crippen molar-refractivity contribution in [3.63, 3.8) is 0 Å². The molecule has 2 aliphatic rings. The number of carbonyl (C=O) groups is 5. The number of nitrogens with zero attached hydrogens (tertiary/aromatic N) is 1. The minimum Gasteiger partial charge on any atom is -0.497 e. The molecule has 13 nitrogen and oxygen atoms in total. The molecule has 5 rings (SSSR count). The Bertz CT molecular complexity index is 1600. The Hall–Kier alpha value is -5.17. The number of Topliss-reactive ketones (excluding diaryl/α,β-unsaturated/α-hetero) is 2. The number of hydrogen-bond acceptors (Lipinski definition) is 9. The second-order valence-corrected chi connectivity index (χ2v) is 11.8. The summed E-state index contributed by atoms with van der Waals surface area (Å²) in [5, 5.41) is 14.9. The van der Waals surface area contributed by atoms with Crippen molar-refractivity contribution in [2.45, 2.75) is 56.7 Å². The fourth-order valence-electron chi connectivity index (χ4n) is 6.11. The smallest absolute Gasteiger partial charge is 0.412 e. The van der Waals surface area contributed by atoms with Gasteiger partial charge in [0.1, 0.15) is 35.7 Å². The second-order valence-electron chi connectivity index (χ2n) is 11.8. The van der Waals surface area contributed by atoms with Gasteiger partial charge in [-0.25, -0.2) is 4.79 Å². The monoisotopic (exact) mass is 661 g/mol. The number of hydrogen-bond donors (Lipinski definition) is 3. The van der Waals surface area contributed by atoms with Crippen LogP contribution in [0.25, 0.3) is 0 Å². The van der Waals surface area contributed by atoms with E-state index < -0.39 is 54.1 Å². The maximum atomic E-state index is 13.8. The number of ether oxygens (including phenoxy) is 4. The third kappa shape index (κ3) is 8.79. The zero-order valence-corrected chi connectivity index (χ0v) is 26.6. The quantitative estimate of drug-likeness (QED) is 0.205. The average molecular weight is 662 g/mol. The lowest BCUT2D eigenvalue weighted by molar-refractivity contribution is -0.141. The maximum absolute atomic E-state index is 13.8. The number of carbonyl (C=O) groups excluding carboxylic acids is 4. The van der Waals surface area contributed by atoms with E-state index in [1.807, 2.05) is 47.2 Å². The lowest BCUT2D eigenvalue weighted by Crippen LogP contribution is -2.47. The molecule has 1 aliphatic carbocycles. The number of aromatic nitrogens is 1. The standard InChI is InChI=1S/C35H39N3O10/c1-45-24-9-11-26(12-10-24)48-35(44)37-27-13-8-22-14-15-38-20-23(18-29(39)32(27)33(22)38)34(43)36-28(19-31(41)42)30(40)21-46-16-5-17-47-25-6-3-2-4-7-25/h2-4,6-7,9-12,14-15,23,27-28,32H,5,8,13,16-21H2,1H3,(H,36,43)(H,37,44)(H,41,42). The molecule has 4 unspecified atom stereocenters. The van der Waals surface area contributed by atoms with Crippen molar-refractivity contribution < 1.29 is 48.0 Å². The van der Waals surface area contributed by atoms with Crippen molar-refractivity contribution >= 4 is 29.5 Å². The third-order valence-electron chi connectivity index (χ3n) is 8.44. The van der Waals surface area contributed by atoms with Crippen molar-refractivity contribution in [1.29, 1.82) is 0 Å². The molecule has 0 spiro atoms. The summed E-state index contributed by atoms with van der Waals surface area (Å²) in [6.45, 7) is 0.332. The summed E-state index contributed by atoms with van der Waals surface area (Å²) in [4.78, 5) is 64.6. The van der Waals surface area contributed by atoms with Crippen LogP contribution in [-0.4, -0.2) is 78.2 Å². The van der Waals surface area contributed by atoms with Crippen LogP contribution in [0.3, 0.4) is 0 Å². The second kappa shape index (κ2) is 16.1. The predicted molar refractivity (Wildman–Crippen MR) is 171 cm³/mol. The van der Waals surface area contributed by atoms with Crippen LogP contribution in [0.15, 0.2) is 66.9 Å². The molecule has 1 aromatic heterocycles. The van der Waals surface area contributed by atoms with Crippen molar-refractivity contribution in [2.24, 2.45) is 5.92 Å². The average Bonchev–Trinajstić information content (AvgIpc) is 3.41. The van der Waals surface area contributed by atoms with Gasteiger partial charge >= 0.3 is 12.1 Å². The normalized spacial score (nSPS) is 18.9. The van der Waals surface area contributed by atoms with E-state index in [0.717, 1.165) is 11.3 Å². The van der Waals surface area contributed by atoms with Gasteiger partial charge in [0.2, 0.25) is 5.91 Å². The molecule has 13 heteroatoms. The zero-order chi connectivity index (χ0) is 34.0. The number of aryl methyl sites for hydroxylation is 1. The summed E-state index contributed by atoms with van der Waals surface area (Å²) in [6, 6.07) is 15.8. The number of amides is 2. The molecule has 2 aromatic carbocycles. The number of nitrogens with one attached hydrogen (secondary N) is 2. The Morgan fingerprint density at radius 2 is 1.73 bits per heavy atom. The first-order chi connectivity index (χ1) is 23.2. The summed E-state index contributed by atoms with van der Waals surface area (Å²) in [5.74, 6) is -2.65. The summed E-state index contributed by atoms with van der Waals surface area (Å²) in [6.07, 6.45) is 1.92. The number of rotatable bonds is 15. The van der Waals surface area contributed by atoms with E-state index in [4.69, 9.17) is 18.9 Å². The first kappa shape index (κ1) is 34.2. The topological polar surface area (TPSA) is 171 Å². The van der Waals surface area contributed by atoms with Crippen LogP contribution < -0.4 is 24.8 Å². The Morgan fingerprint density at radius 3 is 2.46 bits per heavy atom. The molecule has 2 amide bonds. The molecule has 1 aliphatic heterocycles. The lowest BCUT2D eigenvalue weighted by atomic mass is 9.79. The summed E-state index contributed by atoms with van der Waals surface area (Å²) >= 11 is 0. The first-order valence-electron chi connectivity index (χ1n) is 15.8. The number of aliphatic carboxylic acids is 1. The van der Waals surface area contributed by atoms with Gasteiger partial charge in [-0.15, -0.1) is 0 Å². The van der Waals surface area contributed by atoms with E-state index >= 15 is 0 Å². The Labute approximate surface area is 277 Å². The van der Waals surface area contributed by atoms with Gasteiger partial charge < -0.3 is 39.3 Å². The van der Waals surface area contributed by atoms with Gasteiger partial charge in [0.25, 0.3) is 0 Å². The van der Waals surface area contributed by atoms with Crippen molar-refractivity contribution in [3.05, 3.63) is 78.1 Å². The molecule has 0 saturated heterocycles. The molecule has 3 aromatic rings. The van der Waals surface area contributed by atoms with Gasteiger partial charge in [-0.05, 0) is 60.9 Å². The van der Waals surface area contributed by atoms with E-state index in [0.29, 0.717) is 43.1 Å². The molecular weight excluding hydrogens is 622 g/mol. The van der Waals surface area contributed by atoms with Crippen LogP contribution in [0, 0.1) is 5.92 Å². The number of benzene rings is 2. The highest BCUT2D eigenvalue weighted by molar-refractivity contribution is 5.96. The number of carboxylic acid groups (broad SMARTS) is 1. The fourth-order valence-corrected chi connectivity index (χ4v) is 6.11. The third-order valence-corrected chi connectivity index (χ3v) is 8.44. The molecule has 48 heavy (non-hydrogen) atoms. The van der Waals surface area contributed by atoms with Crippen LogP contribution in [0.5, 0.6) is 17.2 Å². The van der Waals surface area contributed by atoms with E-state index in [9.17, 15) is 29.1 Å². The van der Waals surface area contributed by atoms with Crippen molar-refractivity contribution in [3.8, 4) is 17.2 Å². The van der Waals surface area contributed by atoms with Gasteiger partial charge in [-0.3, -0.25) is 19.2 Å². The van der Waals surface area contributed by atoms with Gasteiger partial charge in [0.05, 0.1) is 38.6 Å². The van der Waals surface area contributed by atoms with Gasteiger partial charge in [-0.2, -0.15) is 0 Å². The lowest BCUT2D eigenvalue weighted by Gasteiger charge is -2.31. The number of carboxylic acids is 1. The van der Waals surface area contributed by atoms with Gasteiger partial charge in [0.15, 0.2) is 5.78 Å². The highest BCUT2D eigenvalue weighted by Crippen LogP contribution is 2.38. The number of methoxy groups -OCH3 is 1. The van der Waals surface area contributed by atoms with Crippen molar-refractivity contribution in [2.75, 3.05) is 26.9 Å². The van der Waals surface area contributed by atoms with Crippen molar-refractivity contribution in [1.82, 2.24) is 15.2 Å². The van der Waals surface area contributed by atoms with Crippen LogP contribution in [0.2, 0.25) is 0 Å². The summed E-state index contributed by atoms with van der Waals surface area (Å²) in [7, 11) is 1.53. The fraction of sp³-hybridized carbons (Fsp3) is 0.400. The minimum atomic E-state index is -1.33. The number of ketones is 2. The van der Waals surface area contributed by atoms with Crippen LogP contribution in [0.1, 0.15) is 42.9 Å². The van der Waals surface area contributed by atoms with E-state index in [1.54, 1.807) is 24.3 Å². The Balaban J connectivity index is 1.18. The summed E-state index contributed by atoms with van der Waals surface area (Å²) in [5.41, 5.74) is 1.69. The highest BCUT2D eigenvalue weighted by Gasteiger charge is 2.42. The van der Waals surface area contributed by atoms with Gasteiger partial charge in [-0.1, -0.05) is 18.2 Å². The van der Waals surface area contributed by atoms with Gasteiger partial charge in [0, 0.05) is 37.3 Å². The minimum absolute atomic E-state index is 0.151. The molecule has 3 N–H and O–H groups in total. The molecule has 0 radical (unpaired) electrons. The molecule has 0 bridgehead atoms. The SMILES string of the molecule is COc1ccc(OC(=O)NC2CCc3ccn4c3C2C(=O)CC(C(=O)NC(CC(=O)O)C(=O)COCCCOc2ccccc2)C4)cc1. The molecular formula is C35H39N3O10. The molecule has 0 fully saturated rings. The van der Waals surface area contributed by atoms with E-state index in [2.05, 4.69) is 10.6 Å². The predicted octanol–water partition coefficient (Wildman–Crippen LogP) is 3.29. The van der Waals surface area contributed by atoms with Crippen LogP contribution in [-0.2, 0) is 36.9 Å². The summed E-state index contributed by atoms with van der Waals surface area (Å²) < 4.78 is 23.4. The van der Waals surface area contributed by atoms with Crippen LogP contribution >= 0.6 is 0 Å². The number of para-hydroxylation sites is 1. The Kier molecular flexibility index (Phi) is 11.5. The maximum Gasteiger partial charge on any atom is 0.412 e. The molecule has 0 saturated carbocycles. The largest absolute Gasteiger partial charge is 0.497 e. The highest BCUT2D eigenvalue weighted by atomic mass is 16.6. The first-order valence-corrected chi connectivity index (χ1v) is 15.8. The van der Waals surface area contributed by atoms with E-state index in [1.165, 1.54) is 7.11 Å². The molecule has 2 heterocycles.